The van der Waals surface area contributed by atoms with Crippen molar-refractivity contribution in [1.82, 2.24) is 20.4 Å². The minimum Gasteiger partial charge on any atom is -0.497 e. The standard InChI is InChI=1S/C77H105N7O16Si2/c1-19-35-97-75(90)82-69(49(2)3)71(86)79-50(4)70(85)80-56-29-23-51(24-30-56)46-98-74(89)81-64-43-68(66(94-14)41-62(64)73(88)84-45-55(53-27-33-60(92-12)34-28-53)39-58(84)48-100-102(17,18)77(8,9)10)96-37-22-20-21-36-95-67-42-63(78)61(40-65(67)93-13)72(87)83-44-54(52-25-31-59(91-11)32-26-52)38-57(83)47-99-101(15,16)76(5,6)7/h19,23-34,40-45,49-50,57-58,69H,1,20-22,35-39,46-48,78H2,2-18H3,(H,79,86)(H,80,85)(H,81,89)(H,82,90)/t50-,57-,58-,69-/m0/s1. The van der Waals surface area contributed by atoms with Gasteiger partial charge in [-0.25, -0.2) is 9.59 Å². The minimum absolute atomic E-state index is 0.0286. The van der Waals surface area contributed by atoms with Gasteiger partial charge in [-0.1, -0.05) is 104 Å². The number of carbonyl (C=O) groups excluding carboxylic acids is 6. The number of anilines is 3. The van der Waals surface area contributed by atoms with E-state index in [9.17, 15) is 24.0 Å². The van der Waals surface area contributed by atoms with Crippen LogP contribution in [0.3, 0.4) is 0 Å². The molecule has 6 N–H and O–H groups in total. The van der Waals surface area contributed by atoms with E-state index in [1.807, 2.05) is 60.9 Å². The normalized spacial score (nSPS) is 15.3. The van der Waals surface area contributed by atoms with E-state index in [0.29, 0.717) is 67.2 Å². The zero-order valence-electron chi connectivity index (χ0n) is 62.3. The second kappa shape index (κ2) is 35.5. The van der Waals surface area contributed by atoms with Crippen molar-refractivity contribution in [3.8, 4) is 34.5 Å². The van der Waals surface area contributed by atoms with Crippen LogP contribution in [0.15, 0.2) is 122 Å². The molecule has 2 heterocycles. The number of nitrogens with two attached hydrogens (primary N) is 1. The number of rotatable bonds is 33. The highest BCUT2D eigenvalue weighted by Gasteiger charge is 2.42. The summed E-state index contributed by atoms with van der Waals surface area (Å²) in [5, 5.41) is 10.6. The van der Waals surface area contributed by atoms with Crippen LogP contribution in [-0.2, 0) is 34.5 Å². The molecular formula is C77H105N7O16Si2. The predicted octanol–water partition coefficient (Wildman–Crippen LogP) is 14.6. The first-order valence-electron chi connectivity index (χ1n) is 34.5. The first-order chi connectivity index (χ1) is 48.2. The molecule has 102 heavy (non-hydrogen) atoms. The van der Waals surface area contributed by atoms with Gasteiger partial charge in [-0.3, -0.25) is 24.5 Å². The minimum atomic E-state index is -2.30. The van der Waals surface area contributed by atoms with Gasteiger partial charge in [0.1, 0.15) is 36.8 Å². The summed E-state index contributed by atoms with van der Waals surface area (Å²) in [4.78, 5) is 86.0. The zero-order valence-corrected chi connectivity index (χ0v) is 64.3. The number of hydrogen-bond acceptors (Lipinski definition) is 17. The molecule has 0 aromatic heterocycles. The lowest BCUT2D eigenvalue weighted by Gasteiger charge is -2.38. The fourth-order valence-electron chi connectivity index (χ4n) is 10.7. The van der Waals surface area contributed by atoms with Crippen LogP contribution in [0.5, 0.6) is 34.5 Å². The lowest BCUT2D eigenvalue weighted by molar-refractivity contribution is -0.128. The summed E-state index contributed by atoms with van der Waals surface area (Å²) in [5.41, 5.74) is 12.1. The highest BCUT2D eigenvalue weighted by atomic mass is 28.4. The summed E-state index contributed by atoms with van der Waals surface area (Å²) < 4.78 is 59.4. The first kappa shape index (κ1) is 80.0. The Morgan fingerprint density at radius 2 is 1.06 bits per heavy atom. The van der Waals surface area contributed by atoms with Crippen molar-refractivity contribution in [2.45, 2.75) is 161 Å². The highest BCUT2D eigenvalue weighted by Crippen LogP contribution is 2.43. The summed E-state index contributed by atoms with van der Waals surface area (Å²) in [6.07, 6.45) is 6.37. The molecule has 6 amide bonds. The van der Waals surface area contributed by atoms with E-state index >= 15 is 4.79 Å². The van der Waals surface area contributed by atoms with Crippen LogP contribution in [0, 0.1) is 5.92 Å². The van der Waals surface area contributed by atoms with Crippen molar-refractivity contribution in [3.63, 3.8) is 0 Å². The zero-order chi connectivity index (χ0) is 74.9. The summed E-state index contributed by atoms with van der Waals surface area (Å²) in [6, 6.07) is 25.7. The average molecular weight is 1440 g/mol. The molecule has 0 unspecified atom stereocenters. The molecule has 2 aliphatic rings. The summed E-state index contributed by atoms with van der Waals surface area (Å²) in [7, 11) is 1.74. The Morgan fingerprint density at radius 3 is 1.52 bits per heavy atom. The van der Waals surface area contributed by atoms with Crippen LogP contribution >= 0.6 is 0 Å². The fourth-order valence-corrected chi connectivity index (χ4v) is 12.8. The van der Waals surface area contributed by atoms with Crippen LogP contribution in [-0.4, -0.2) is 148 Å². The van der Waals surface area contributed by atoms with E-state index in [1.54, 1.807) is 86.4 Å². The van der Waals surface area contributed by atoms with Crippen LogP contribution in [0.25, 0.3) is 11.1 Å². The number of unbranched alkanes of at least 4 members (excludes halogenated alkanes) is 2. The molecule has 5 aromatic carbocycles. The maximum Gasteiger partial charge on any atom is 0.411 e. The lowest BCUT2D eigenvalue weighted by Crippen LogP contribution is -2.53. The third-order valence-corrected chi connectivity index (χ3v) is 28.1. The Hall–Kier alpha value is -9.31. The molecule has 0 radical (unpaired) electrons. The third kappa shape index (κ3) is 21.2. The number of carbonyl (C=O) groups is 6. The Kier molecular flexibility index (Phi) is 27.9. The molecule has 0 fully saturated rings. The van der Waals surface area contributed by atoms with E-state index in [1.165, 1.54) is 27.2 Å². The quantitative estimate of drug-likeness (QED) is 0.0113. The SMILES string of the molecule is C=CCOC(=O)N[C@H](C(=O)N[C@@H](C)C(=O)Nc1ccc(COC(=O)Nc2cc(OCCCCCOc3cc(N)c(C(=O)N4C=C(c5ccc(OC)cc5)C[C@H]4CO[Si](C)(C)C(C)(C)C)cc3OC)c(OC)cc2C(=O)N2C=C(c3ccc(OC)cc3)C[C@H]2CO[Si](C)(C)C(C)(C)C)cc1)C(C)C. The molecule has 2 aliphatic heterocycles. The van der Waals surface area contributed by atoms with Gasteiger partial charge in [0.2, 0.25) is 11.8 Å². The number of nitrogen functional groups attached to an aromatic ring is 1. The Bertz CT molecular complexity index is 3810. The molecule has 4 atom stereocenters. The number of amides is 6. The molecule has 23 nitrogen and oxygen atoms in total. The van der Waals surface area contributed by atoms with Crippen LogP contribution in [0.4, 0.5) is 26.7 Å². The van der Waals surface area contributed by atoms with E-state index in [4.69, 9.17) is 52.5 Å². The maximum absolute atomic E-state index is 15.3. The van der Waals surface area contributed by atoms with Gasteiger partial charge in [0.05, 0.1) is 83.8 Å². The van der Waals surface area contributed by atoms with Crippen molar-refractivity contribution in [2.24, 2.45) is 5.92 Å². The van der Waals surface area contributed by atoms with Gasteiger partial charge in [-0.05, 0) is 158 Å². The number of alkyl carbamates (subject to hydrolysis) is 1. The number of benzene rings is 5. The summed E-state index contributed by atoms with van der Waals surface area (Å²) in [5.74, 6) is 0.539. The van der Waals surface area contributed by atoms with Crippen LogP contribution in [0.1, 0.15) is 132 Å². The molecule has 0 bridgehead atoms. The molecular weight excluding hydrogens is 1340 g/mol. The van der Waals surface area contributed by atoms with Crippen LogP contribution in [0.2, 0.25) is 36.3 Å². The summed E-state index contributed by atoms with van der Waals surface area (Å²) >= 11 is 0. The van der Waals surface area contributed by atoms with Crippen molar-refractivity contribution in [1.29, 1.82) is 0 Å². The Morgan fingerprint density at radius 1 is 0.578 bits per heavy atom. The average Bonchev–Trinajstić information content (AvgIpc) is 1.57. The topological polar surface area (TPSA) is 275 Å². The second-order valence-corrected chi connectivity index (χ2v) is 38.4. The lowest BCUT2D eigenvalue weighted by atomic mass is 10.0. The van der Waals surface area contributed by atoms with Crippen molar-refractivity contribution in [2.75, 3.05) is 77.8 Å². The molecule has 25 heteroatoms. The molecule has 552 valence electrons. The number of ether oxygens (including phenoxy) is 8. The third-order valence-electron chi connectivity index (χ3n) is 19.1. The van der Waals surface area contributed by atoms with Gasteiger partial charge in [-0.15, -0.1) is 0 Å². The Labute approximate surface area is 603 Å². The molecule has 0 saturated carbocycles. The van der Waals surface area contributed by atoms with Gasteiger partial charge in [-0.2, -0.15) is 0 Å². The van der Waals surface area contributed by atoms with Gasteiger partial charge < -0.3 is 78.2 Å². The smallest absolute Gasteiger partial charge is 0.411 e. The predicted molar refractivity (Wildman–Crippen MR) is 402 cm³/mol. The van der Waals surface area contributed by atoms with Crippen molar-refractivity contribution < 1.29 is 75.5 Å². The molecule has 0 saturated heterocycles. The van der Waals surface area contributed by atoms with Crippen molar-refractivity contribution >= 4 is 80.7 Å². The second-order valence-electron chi connectivity index (χ2n) is 28.8. The van der Waals surface area contributed by atoms with Gasteiger partial charge >= 0.3 is 12.2 Å². The number of nitrogens with one attached hydrogen (secondary N) is 4. The monoisotopic (exact) mass is 1440 g/mol. The molecule has 5 aromatic rings. The van der Waals surface area contributed by atoms with E-state index in [2.05, 4.69) is 95.6 Å². The van der Waals surface area contributed by atoms with Crippen LogP contribution < -0.4 is 55.4 Å². The largest absolute Gasteiger partial charge is 0.497 e. The summed E-state index contributed by atoms with van der Waals surface area (Å²) in [6.45, 7) is 31.2. The maximum atomic E-state index is 15.3. The van der Waals surface area contributed by atoms with Crippen molar-refractivity contribution in [3.05, 3.63) is 150 Å². The van der Waals surface area contributed by atoms with Gasteiger partial charge in [0, 0.05) is 35.9 Å². The molecule has 7 rings (SSSR count). The van der Waals surface area contributed by atoms with Gasteiger partial charge in [0.15, 0.2) is 39.6 Å². The first-order valence-corrected chi connectivity index (χ1v) is 40.3. The van der Waals surface area contributed by atoms with E-state index < -0.39 is 64.7 Å². The number of nitrogens with zero attached hydrogens (tertiary/aromatic N) is 2. The van der Waals surface area contributed by atoms with E-state index in [-0.39, 0.29) is 95.0 Å². The van der Waals surface area contributed by atoms with E-state index in [0.717, 1.165) is 28.0 Å². The Balaban J connectivity index is 1.05. The number of methoxy groups -OCH3 is 4. The molecule has 0 aliphatic carbocycles. The molecule has 0 spiro atoms. The fraction of sp³-hybridized carbons (Fsp3) is 0.455. The highest BCUT2D eigenvalue weighted by molar-refractivity contribution is 6.74. The van der Waals surface area contributed by atoms with Gasteiger partial charge in [0.25, 0.3) is 11.8 Å². The number of hydrogen-bond donors (Lipinski definition) is 5.